The smallest absolute Gasteiger partial charge is 0.407 e. The summed E-state index contributed by atoms with van der Waals surface area (Å²) in [4.78, 5) is 12.0. The number of ether oxygens (including phenoxy) is 1. The zero-order valence-electron chi connectivity index (χ0n) is 15.8. The molecule has 134 valence electrons. The van der Waals surface area contributed by atoms with Crippen molar-refractivity contribution in [3.05, 3.63) is 48.6 Å². The van der Waals surface area contributed by atoms with E-state index in [0.29, 0.717) is 0 Å². The molecule has 0 unspecified atom stereocenters. The fourth-order valence-corrected chi connectivity index (χ4v) is 3.24. The SMILES string of the molecule is C=C[C@H](O[Si](C)(C)C(C)(C)C)[C@H](C)NC(=O)OCc1ccccc1. The maximum atomic E-state index is 12.0. The van der Waals surface area contributed by atoms with Crippen molar-refractivity contribution in [3.63, 3.8) is 0 Å². The molecule has 24 heavy (non-hydrogen) atoms. The van der Waals surface area contributed by atoms with Crippen molar-refractivity contribution in [2.75, 3.05) is 0 Å². The van der Waals surface area contributed by atoms with Crippen LogP contribution in [-0.2, 0) is 15.8 Å². The minimum absolute atomic E-state index is 0.0990. The lowest BCUT2D eigenvalue weighted by atomic mass is 10.2. The van der Waals surface area contributed by atoms with Crippen molar-refractivity contribution < 1.29 is 14.0 Å². The summed E-state index contributed by atoms with van der Waals surface area (Å²) in [5.74, 6) is 0. The molecule has 0 aliphatic carbocycles. The maximum absolute atomic E-state index is 12.0. The van der Waals surface area contributed by atoms with Crippen LogP contribution in [0.3, 0.4) is 0 Å². The molecule has 4 nitrogen and oxygen atoms in total. The molecule has 5 heteroatoms. The highest BCUT2D eigenvalue weighted by molar-refractivity contribution is 6.74. The molecule has 0 bridgehead atoms. The molecular weight excluding hydrogens is 318 g/mol. The topological polar surface area (TPSA) is 47.6 Å². The maximum Gasteiger partial charge on any atom is 0.407 e. The quantitative estimate of drug-likeness (QED) is 0.564. The molecule has 0 saturated carbocycles. The van der Waals surface area contributed by atoms with Gasteiger partial charge >= 0.3 is 6.09 Å². The Bertz CT molecular complexity index is 537. The van der Waals surface area contributed by atoms with Gasteiger partial charge in [-0.15, -0.1) is 6.58 Å². The summed E-state index contributed by atoms with van der Waals surface area (Å²) in [6.07, 6.45) is 1.06. The van der Waals surface area contributed by atoms with E-state index in [0.717, 1.165) is 5.56 Å². The van der Waals surface area contributed by atoms with Gasteiger partial charge in [0.1, 0.15) is 6.61 Å². The van der Waals surface area contributed by atoms with Crippen molar-refractivity contribution >= 4 is 14.4 Å². The third kappa shape index (κ3) is 6.13. The highest BCUT2D eigenvalue weighted by atomic mass is 28.4. The van der Waals surface area contributed by atoms with Crippen molar-refractivity contribution in [2.45, 2.75) is 64.6 Å². The Morgan fingerprint density at radius 2 is 1.88 bits per heavy atom. The molecule has 0 spiro atoms. The molecule has 1 rings (SSSR count). The summed E-state index contributed by atoms with van der Waals surface area (Å²) in [5, 5.41) is 2.94. The van der Waals surface area contributed by atoms with Gasteiger partial charge in [-0.2, -0.15) is 0 Å². The van der Waals surface area contributed by atoms with Gasteiger partial charge in [-0.05, 0) is 30.6 Å². The van der Waals surface area contributed by atoms with Crippen LogP contribution in [0.1, 0.15) is 33.3 Å². The summed E-state index contributed by atoms with van der Waals surface area (Å²) in [7, 11) is -1.94. The van der Waals surface area contributed by atoms with E-state index in [4.69, 9.17) is 9.16 Å². The van der Waals surface area contributed by atoms with E-state index in [1.54, 1.807) is 6.08 Å². The average molecular weight is 350 g/mol. The van der Waals surface area contributed by atoms with E-state index in [1.165, 1.54) is 0 Å². The fraction of sp³-hybridized carbons (Fsp3) is 0.526. The van der Waals surface area contributed by atoms with Crippen LogP contribution in [-0.4, -0.2) is 26.6 Å². The van der Waals surface area contributed by atoms with Gasteiger partial charge < -0.3 is 14.5 Å². The molecular formula is C19H31NO3Si. The van der Waals surface area contributed by atoms with Crippen LogP contribution in [0.15, 0.2) is 43.0 Å². The first-order chi connectivity index (χ1) is 11.1. The van der Waals surface area contributed by atoms with Crippen LogP contribution in [0.5, 0.6) is 0 Å². The molecule has 1 aromatic carbocycles. The second-order valence-corrected chi connectivity index (χ2v) is 12.3. The van der Waals surface area contributed by atoms with Crippen LogP contribution >= 0.6 is 0 Å². The number of carbonyl (C=O) groups excluding carboxylic acids is 1. The monoisotopic (exact) mass is 349 g/mol. The predicted molar refractivity (Wildman–Crippen MR) is 101 cm³/mol. The summed E-state index contributed by atoms with van der Waals surface area (Å²) in [5.41, 5.74) is 0.957. The minimum atomic E-state index is -1.94. The number of benzene rings is 1. The van der Waals surface area contributed by atoms with Crippen molar-refractivity contribution in [3.8, 4) is 0 Å². The van der Waals surface area contributed by atoms with Crippen LogP contribution < -0.4 is 5.32 Å². The van der Waals surface area contributed by atoms with E-state index < -0.39 is 14.4 Å². The Morgan fingerprint density at radius 3 is 2.38 bits per heavy atom. The molecule has 0 heterocycles. The second kappa shape index (κ2) is 8.49. The van der Waals surface area contributed by atoms with Crippen LogP contribution in [0, 0.1) is 0 Å². The Kier molecular flexibility index (Phi) is 7.23. The number of amides is 1. The van der Waals surface area contributed by atoms with E-state index in [1.807, 2.05) is 37.3 Å². The molecule has 0 fully saturated rings. The fourth-order valence-electron chi connectivity index (χ4n) is 1.90. The van der Waals surface area contributed by atoms with Crippen molar-refractivity contribution in [2.24, 2.45) is 0 Å². The third-order valence-electron chi connectivity index (χ3n) is 4.52. The zero-order chi connectivity index (χ0) is 18.4. The summed E-state index contributed by atoms with van der Waals surface area (Å²) in [6, 6.07) is 9.39. The standard InChI is InChI=1S/C19H31NO3Si/c1-8-17(23-24(6,7)19(3,4)5)15(2)20-18(21)22-14-16-12-10-9-11-13-16/h8-13,15,17H,1,14H2,2-7H3,(H,20,21)/t15-,17-/m0/s1. The van der Waals surface area contributed by atoms with E-state index >= 15 is 0 Å². The lowest BCUT2D eigenvalue weighted by Crippen LogP contribution is -2.50. The van der Waals surface area contributed by atoms with Gasteiger partial charge in [-0.25, -0.2) is 4.79 Å². The highest BCUT2D eigenvalue weighted by Gasteiger charge is 2.39. The first kappa shape index (κ1) is 20.5. The lowest BCUT2D eigenvalue weighted by molar-refractivity contribution is 0.123. The van der Waals surface area contributed by atoms with Crippen LogP contribution in [0.25, 0.3) is 0 Å². The second-order valence-electron chi connectivity index (χ2n) is 7.57. The first-order valence-corrected chi connectivity index (χ1v) is 11.3. The summed E-state index contributed by atoms with van der Waals surface area (Å²) < 4.78 is 11.6. The van der Waals surface area contributed by atoms with E-state index in [9.17, 15) is 4.79 Å². The average Bonchev–Trinajstić information content (AvgIpc) is 2.50. The Balaban J connectivity index is 2.56. The summed E-state index contributed by atoms with van der Waals surface area (Å²) in [6.45, 7) is 16.9. The molecule has 1 N–H and O–H groups in total. The number of carbonyl (C=O) groups is 1. The molecule has 0 radical (unpaired) electrons. The normalized spacial score (nSPS) is 14.6. The summed E-state index contributed by atoms with van der Waals surface area (Å²) >= 11 is 0. The third-order valence-corrected chi connectivity index (χ3v) is 8.99. The van der Waals surface area contributed by atoms with Crippen LogP contribution in [0.2, 0.25) is 18.1 Å². The minimum Gasteiger partial charge on any atom is -0.445 e. The van der Waals surface area contributed by atoms with Crippen molar-refractivity contribution in [1.29, 1.82) is 0 Å². The number of hydrogen-bond acceptors (Lipinski definition) is 3. The van der Waals surface area contributed by atoms with Crippen molar-refractivity contribution in [1.82, 2.24) is 5.32 Å². The predicted octanol–water partition coefficient (Wildman–Crippen LogP) is 4.88. The van der Waals surface area contributed by atoms with Gasteiger partial charge in [0, 0.05) is 0 Å². The number of alkyl carbamates (subject to hydrolysis) is 1. The van der Waals surface area contributed by atoms with Gasteiger partial charge in [0.15, 0.2) is 8.32 Å². The largest absolute Gasteiger partial charge is 0.445 e. The Morgan fingerprint density at radius 1 is 1.29 bits per heavy atom. The molecule has 0 aliphatic heterocycles. The van der Waals surface area contributed by atoms with Gasteiger partial charge in [0.2, 0.25) is 0 Å². The molecule has 1 amide bonds. The van der Waals surface area contributed by atoms with E-state index in [2.05, 4.69) is 45.8 Å². The van der Waals surface area contributed by atoms with E-state index in [-0.39, 0.29) is 23.8 Å². The number of nitrogens with one attached hydrogen (secondary N) is 1. The highest BCUT2D eigenvalue weighted by Crippen LogP contribution is 2.37. The molecule has 0 aliphatic rings. The number of rotatable bonds is 7. The number of hydrogen-bond donors (Lipinski definition) is 1. The molecule has 0 aromatic heterocycles. The Hall–Kier alpha value is -1.59. The Labute approximate surface area is 147 Å². The van der Waals surface area contributed by atoms with Gasteiger partial charge in [0.05, 0.1) is 12.1 Å². The lowest BCUT2D eigenvalue weighted by Gasteiger charge is -2.40. The van der Waals surface area contributed by atoms with Gasteiger partial charge in [-0.1, -0.05) is 57.2 Å². The molecule has 1 aromatic rings. The molecule has 0 saturated heterocycles. The first-order valence-electron chi connectivity index (χ1n) is 8.34. The van der Waals surface area contributed by atoms with Gasteiger partial charge in [0.25, 0.3) is 0 Å². The van der Waals surface area contributed by atoms with Gasteiger partial charge in [-0.3, -0.25) is 0 Å². The molecule has 2 atom stereocenters. The zero-order valence-corrected chi connectivity index (χ0v) is 16.8. The van der Waals surface area contributed by atoms with Crippen LogP contribution in [0.4, 0.5) is 4.79 Å².